The predicted octanol–water partition coefficient (Wildman–Crippen LogP) is 4.69. The fraction of sp³-hybridized carbons (Fsp3) is 0.867. The molecule has 6 nitrogen and oxygen atoms in total. The summed E-state index contributed by atoms with van der Waals surface area (Å²) in [5, 5.41) is 32.4. The van der Waals surface area contributed by atoms with Gasteiger partial charge in [-0.25, -0.2) is 0 Å². The van der Waals surface area contributed by atoms with Gasteiger partial charge in [-0.15, -0.1) is 0 Å². The van der Waals surface area contributed by atoms with Crippen LogP contribution in [0.5, 0.6) is 0 Å². The van der Waals surface area contributed by atoms with Gasteiger partial charge in [-0.3, -0.25) is 0 Å². The van der Waals surface area contributed by atoms with Crippen LogP contribution in [0.25, 0.3) is 0 Å². The summed E-state index contributed by atoms with van der Waals surface area (Å²) in [7, 11) is 0. The predicted molar refractivity (Wildman–Crippen MR) is 139 cm³/mol. The van der Waals surface area contributed by atoms with Crippen molar-refractivity contribution in [3.05, 3.63) is 24.0 Å². The Morgan fingerprint density at radius 2 is 1.81 bits per heavy atom. The molecule has 200 valence electrons. The zero-order valence-electron chi connectivity index (χ0n) is 22.5. The van der Waals surface area contributed by atoms with Gasteiger partial charge in [0.05, 0.1) is 23.5 Å². The number of hydrogen-bond donors (Lipinski definition) is 2. The molecule has 0 bridgehead atoms. The molecule has 2 heterocycles. The summed E-state index contributed by atoms with van der Waals surface area (Å²) in [4.78, 5) is 2.58. The first-order valence-electron chi connectivity index (χ1n) is 14.9. The van der Waals surface area contributed by atoms with Gasteiger partial charge in [0, 0.05) is 30.3 Å². The van der Waals surface area contributed by atoms with Crippen LogP contribution in [-0.2, 0) is 10.3 Å². The Morgan fingerprint density at radius 3 is 2.58 bits per heavy atom. The van der Waals surface area contributed by atoms with E-state index in [-0.39, 0.29) is 11.3 Å². The largest absolute Gasteiger partial charge is 0.389 e. The second-order valence-electron chi connectivity index (χ2n) is 13.4. The highest BCUT2D eigenvalue weighted by Crippen LogP contribution is 2.71. The Labute approximate surface area is 217 Å². The molecule has 36 heavy (non-hydrogen) atoms. The molecule has 4 aliphatic carbocycles. The number of ether oxygens (including phenoxy) is 1. The van der Waals surface area contributed by atoms with Crippen LogP contribution in [0.4, 0.5) is 0 Å². The first kappa shape index (κ1) is 25.2. The molecule has 5 aliphatic rings. The molecule has 0 unspecified atom stereocenters. The van der Waals surface area contributed by atoms with E-state index in [1.807, 2.05) is 6.07 Å². The van der Waals surface area contributed by atoms with Crippen molar-refractivity contribution in [2.45, 2.75) is 108 Å². The van der Waals surface area contributed by atoms with Crippen molar-refractivity contribution in [1.82, 2.24) is 15.1 Å². The smallest absolute Gasteiger partial charge is 0.0994 e. The van der Waals surface area contributed by atoms with Gasteiger partial charge in [-0.1, -0.05) is 13.8 Å². The van der Waals surface area contributed by atoms with E-state index in [1.54, 1.807) is 12.4 Å². The Balaban J connectivity index is 1.13. The molecule has 6 rings (SSSR count). The summed E-state index contributed by atoms with van der Waals surface area (Å²) < 4.78 is 6.43. The molecule has 5 fully saturated rings. The lowest BCUT2D eigenvalue weighted by atomic mass is 9.43. The van der Waals surface area contributed by atoms with E-state index in [0.717, 1.165) is 44.3 Å². The molecule has 6 heteroatoms. The number of rotatable bonds is 6. The van der Waals surface area contributed by atoms with Gasteiger partial charge >= 0.3 is 0 Å². The number of fused-ring (bicyclic) bond motifs is 5. The molecule has 2 N–H and O–H groups in total. The normalized spacial score (nSPS) is 46.8. The van der Waals surface area contributed by atoms with Crippen LogP contribution in [0.15, 0.2) is 18.5 Å². The van der Waals surface area contributed by atoms with Gasteiger partial charge in [0.15, 0.2) is 0 Å². The summed E-state index contributed by atoms with van der Waals surface area (Å²) in [6, 6.07) is 1.89. The lowest BCUT2D eigenvalue weighted by Gasteiger charge is -2.64. The molecule has 0 radical (unpaired) electrons. The minimum absolute atomic E-state index is 0.263. The second-order valence-corrected chi connectivity index (χ2v) is 13.4. The quantitative estimate of drug-likeness (QED) is 0.555. The van der Waals surface area contributed by atoms with Crippen LogP contribution >= 0.6 is 0 Å². The number of likely N-dealkylation sites (tertiary alicyclic amines) is 1. The highest BCUT2D eigenvalue weighted by molar-refractivity contribution is 5.30. The van der Waals surface area contributed by atoms with Gasteiger partial charge in [0.1, 0.15) is 0 Å². The SMILES string of the molecule is C[C@]12CC[C@H](OCCCN3CCCC3)C[C@H]1CC[C@@H]1[C@@H]2CC[C@]2(C)[C@@](O)(c3ccnnc3)CC[C@]12O. The van der Waals surface area contributed by atoms with Crippen LogP contribution in [0.1, 0.15) is 96.5 Å². The molecule has 0 spiro atoms. The van der Waals surface area contributed by atoms with E-state index in [0.29, 0.717) is 30.8 Å². The summed E-state index contributed by atoms with van der Waals surface area (Å²) in [5.41, 5.74) is -1.33. The van der Waals surface area contributed by atoms with Gasteiger partial charge in [0.2, 0.25) is 0 Å². The topological polar surface area (TPSA) is 78.7 Å². The van der Waals surface area contributed by atoms with Gasteiger partial charge in [0.25, 0.3) is 0 Å². The second kappa shape index (κ2) is 9.29. The van der Waals surface area contributed by atoms with Crippen molar-refractivity contribution in [2.24, 2.45) is 28.6 Å². The lowest BCUT2D eigenvalue weighted by Crippen LogP contribution is -2.64. The molecule has 1 aromatic rings. The standard InChI is InChI=1S/C30H47N3O3/c1-27-11-8-24(36-19-5-18-33-16-3-4-17-33)20-22(27)6-7-26-25(27)9-12-28(2)29(34,13-14-30(26,28)35)23-10-15-31-32-21-23/h10,15,21-22,24-26,34-35H,3-9,11-14,16-20H2,1-2H3/t22-,24+,25+,26-,27+,28-,29+,30+/m1/s1. The Kier molecular flexibility index (Phi) is 6.50. The van der Waals surface area contributed by atoms with Gasteiger partial charge in [-0.2, -0.15) is 10.2 Å². The fourth-order valence-electron chi connectivity index (χ4n) is 9.90. The van der Waals surface area contributed by atoms with E-state index in [4.69, 9.17) is 4.74 Å². The van der Waals surface area contributed by atoms with Crippen LogP contribution < -0.4 is 0 Å². The zero-order valence-corrected chi connectivity index (χ0v) is 22.5. The zero-order chi connectivity index (χ0) is 25.0. The summed E-state index contributed by atoms with van der Waals surface area (Å²) >= 11 is 0. The summed E-state index contributed by atoms with van der Waals surface area (Å²) in [5.74, 6) is 1.48. The Bertz CT molecular complexity index is 925. The Morgan fingerprint density at radius 1 is 0.972 bits per heavy atom. The van der Waals surface area contributed by atoms with E-state index < -0.39 is 16.6 Å². The molecule has 1 aromatic heterocycles. The van der Waals surface area contributed by atoms with E-state index >= 15 is 0 Å². The molecule has 0 amide bonds. The third-order valence-electron chi connectivity index (χ3n) is 12.2. The summed E-state index contributed by atoms with van der Waals surface area (Å²) in [6.07, 6.45) is 16.7. The number of nitrogens with zero attached hydrogens (tertiary/aromatic N) is 3. The van der Waals surface area contributed by atoms with Crippen molar-refractivity contribution < 1.29 is 14.9 Å². The maximum absolute atomic E-state index is 12.4. The van der Waals surface area contributed by atoms with Crippen LogP contribution in [0, 0.1) is 28.6 Å². The monoisotopic (exact) mass is 497 g/mol. The average molecular weight is 498 g/mol. The minimum atomic E-state index is -1.04. The number of aliphatic hydroxyl groups is 2. The summed E-state index contributed by atoms with van der Waals surface area (Å²) in [6.45, 7) is 9.31. The van der Waals surface area contributed by atoms with E-state index in [9.17, 15) is 10.2 Å². The highest BCUT2D eigenvalue weighted by atomic mass is 16.5. The van der Waals surface area contributed by atoms with E-state index in [1.165, 1.54) is 51.7 Å². The third-order valence-corrected chi connectivity index (χ3v) is 12.2. The molecular formula is C30H47N3O3. The van der Waals surface area contributed by atoms with Crippen LogP contribution in [-0.4, -0.2) is 63.3 Å². The first-order valence-corrected chi connectivity index (χ1v) is 14.9. The first-order chi connectivity index (χ1) is 17.3. The van der Waals surface area contributed by atoms with Crippen LogP contribution in [0.3, 0.4) is 0 Å². The van der Waals surface area contributed by atoms with Crippen molar-refractivity contribution in [3.8, 4) is 0 Å². The lowest BCUT2D eigenvalue weighted by molar-refractivity contribution is -0.239. The molecular weight excluding hydrogens is 450 g/mol. The Hall–Kier alpha value is -1.08. The molecule has 1 saturated heterocycles. The van der Waals surface area contributed by atoms with Crippen molar-refractivity contribution in [1.29, 1.82) is 0 Å². The molecule has 4 saturated carbocycles. The number of aromatic nitrogens is 2. The van der Waals surface area contributed by atoms with Gasteiger partial charge in [-0.05, 0) is 119 Å². The fourth-order valence-corrected chi connectivity index (χ4v) is 9.90. The number of hydrogen-bond acceptors (Lipinski definition) is 6. The third kappa shape index (κ3) is 3.72. The average Bonchev–Trinajstić information content (AvgIpc) is 3.48. The van der Waals surface area contributed by atoms with E-state index in [2.05, 4.69) is 28.9 Å². The molecule has 1 aliphatic heterocycles. The minimum Gasteiger partial charge on any atom is -0.389 e. The van der Waals surface area contributed by atoms with Crippen molar-refractivity contribution >= 4 is 0 Å². The van der Waals surface area contributed by atoms with Crippen LogP contribution in [0.2, 0.25) is 0 Å². The molecule has 0 aromatic carbocycles. The molecule has 8 atom stereocenters. The maximum Gasteiger partial charge on any atom is 0.0994 e. The maximum atomic E-state index is 12.4. The van der Waals surface area contributed by atoms with Crippen molar-refractivity contribution in [2.75, 3.05) is 26.2 Å². The van der Waals surface area contributed by atoms with Gasteiger partial charge < -0.3 is 19.8 Å². The highest BCUT2D eigenvalue weighted by Gasteiger charge is 2.72. The van der Waals surface area contributed by atoms with Crippen molar-refractivity contribution in [3.63, 3.8) is 0 Å².